The van der Waals surface area contributed by atoms with E-state index >= 15 is 0 Å². The first-order chi connectivity index (χ1) is 14.7. The van der Waals surface area contributed by atoms with Gasteiger partial charge < -0.3 is 15.4 Å². The summed E-state index contributed by atoms with van der Waals surface area (Å²) >= 11 is 3.49. The van der Waals surface area contributed by atoms with Gasteiger partial charge >= 0.3 is 0 Å². The molecule has 2 aliphatic rings. The Bertz CT molecular complexity index is 675. The van der Waals surface area contributed by atoms with Crippen molar-refractivity contribution in [2.24, 2.45) is 5.92 Å². The maximum Gasteiger partial charge on any atom is 0.243 e. The lowest BCUT2D eigenvalue weighted by atomic mass is 9.91. The summed E-state index contributed by atoms with van der Waals surface area (Å²) in [5.41, 5.74) is 0.998. The highest BCUT2D eigenvalue weighted by molar-refractivity contribution is 7.99. The van der Waals surface area contributed by atoms with Crippen molar-refractivity contribution in [3.8, 4) is 5.75 Å². The first-order valence-electron chi connectivity index (χ1n) is 10.8. The monoisotopic (exact) mass is 451 g/mol. The van der Waals surface area contributed by atoms with Gasteiger partial charge in [-0.2, -0.15) is 11.8 Å². The van der Waals surface area contributed by atoms with E-state index in [1.165, 1.54) is 32.1 Å². The van der Waals surface area contributed by atoms with Crippen LogP contribution in [0.3, 0.4) is 0 Å². The number of methoxy groups -OCH3 is 1. The summed E-state index contributed by atoms with van der Waals surface area (Å²) in [6.07, 6.45) is 6.56. The van der Waals surface area contributed by atoms with Gasteiger partial charge in [-0.05, 0) is 42.2 Å². The van der Waals surface area contributed by atoms with Crippen LogP contribution < -0.4 is 20.7 Å². The third-order valence-corrected chi connectivity index (χ3v) is 7.87. The number of amides is 2. The lowest BCUT2D eigenvalue weighted by Gasteiger charge is -2.23. The highest BCUT2D eigenvalue weighted by Crippen LogP contribution is 2.27. The van der Waals surface area contributed by atoms with Crippen molar-refractivity contribution in [2.45, 2.75) is 50.7 Å². The van der Waals surface area contributed by atoms with Gasteiger partial charge in [0.15, 0.2) is 0 Å². The van der Waals surface area contributed by atoms with Crippen LogP contribution in [0.15, 0.2) is 24.3 Å². The van der Waals surface area contributed by atoms with E-state index in [1.807, 2.05) is 24.3 Å². The Hall–Kier alpha value is -1.38. The number of thioether (sulfide) groups is 2. The van der Waals surface area contributed by atoms with Crippen LogP contribution in [0.2, 0.25) is 0 Å². The van der Waals surface area contributed by atoms with Gasteiger partial charge in [0, 0.05) is 23.9 Å². The molecule has 0 radical (unpaired) electrons. The van der Waals surface area contributed by atoms with Crippen molar-refractivity contribution in [3.05, 3.63) is 29.8 Å². The minimum Gasteiger partial charge on any atom is -0.497 e. The smallest absolute Gasteiger partial charge is 0.243 e. The van der Waals surface area contributed by atoms with Gasteiger partial charge in [0.05, 0.1) is 13.2 Å². The predicted molar refractivity (Wildman–Crippen MR) is 125 cm³/mol. The SMILES string of the molecule is COc1ccc(CNC(=O)C(CSCC2CCCCC2)NC(=O)C2CSCN2)cc1. The molecule has 3 rings (SSSR count). The van der Waals surface area contributed by atoms with Crippen LogP contribution in [-0.4, -0.2) is 54.1 Å². The average Bonchev–Trinajstić information content (AvgIpc) is 3.33. The molecule has 1 aromatic carbocycles. The standard InChI is InChI=1S/C22H33N3O3S2/c1-28-18-9-7-16(8-10-18)11-23-21(26)20(25-22(27)19-13-30-15-24-19)14-29-12-17-5-3-2-4-6-17/h7-10,17,19-20,24H,2-6,11-15H2,1H3,(H,23,26)(H,25,27). The van der Waals surface area contributed by atoms with Crippen molar-refractivity contribution in [3.63, 3.8) is 0 Å². The zero-order valence-corrected chi connectivity index (χ0v) is 19.3. The molecule has 2 atom stereocenters. The second-order valence-electron chi connectivity index (χ2n) is 7.94. The molecule has 0 bridgehead atoms. The lowest BCUT2D eigenvalue weighted by Crippen LogP contribution is -2.53. The molecular formula is C22H33N3O3S2. The van der Waals surface area contributed by atoms with E-state index in [0.717, 1.165) is 34.6 Å². The molecule has 2 unspecified atom stereocenters. The van der Waals surface area contributed by atoms with Gasteiger partial charge in [0.2, 0.25) is 11.8 Å². The third-order valence-electron chi connectivity index (χ3n) is 5.65. The zero-order valence-electron chi connectivity index (χ0n) is 17.7. The van der Waals surface area contributed by atoms with E-state index in [-0.39, 0.29) is 17.9 Å². The van der Waals surface area contributed by atoms with Gasteiger partial charge in [0.25, 0.3) is 0 Å². The number of nitrogens with one attached hydrogen (secondary N) is 3. The second kappa shape index (κ2) is 12.5. The molecule has 1 saturated carbocycles. The molecule has 166 valence electrons. The fraction of sp³-hybridized carbons (Fsp3) is 0.636. The molecule has 6 nitrogen and oxygen atoms in total. The number of benzene rings is 1. The summed E-state index contributed by atoms with van der Waals surface area (Å²) in [6, 6.07) is 6.90. The van der Waals surface area contributed by atoms with E-state index in [4.69, 9.17) is 4.74 Å². The Balaban J connectivity index is 1.51. The number of carbonyl (C=O) groups excluding carboxylic acids is 2. The third kappa shape index (κ3) is 7.39. The predicted octanol–water partition coefficient (Wildman–Crippen LogP) is 2.77. The number of rotatable bonds is 10. The second-order valence-corrected chi connectivity index (χ2v) is 10.0. The van der Waals surface area contributed by atoms with Crippen LogP contribution in [0.25, 0.3) is 0 Å². The highest BCUT2D eigenvalue weighted by atomic mass is 32.2. The van der Waals surface area contributed by atoms with Gasteiger partial charge in [-0.3, -0.25) is 14.9 Å². The van der Waals surface area contributed by atoms with Crippen LogP contribution in [0.4, 0.5) is 0 Å². The number of carbonyl (C=O) groups is 2. The molecule has 8 heteroatoms. The maximum absolute atomic E-state index is 12.9. The molecule has 0 spiro atoms. The molecule has 2 fully saturated rings. The lowest BCUT2D eigenvalue weighted by molar-refractivity contribution is -0.129. The number of ether oxygens (including phenoxy) is 1. The summed E-state index contributed by atoms with van der Waals surface area (Å²) in [4.78, 5) is 25.5. The van der Waals surface area contributed by atoms with Crippen LogP contribution in [0.1, 0.15) is 37.7 Å². The van der Waals surface area contributed by atoms with E-state index in [9.17, 15) is 9.59 Å². The molecule has 30 heavy (non-hydrogen) atoms. The minimum absolute atomic E-state index is 0.0807. The van der Waals surface area contributed by atoms with E-state index < -0.39 is 6.04 Å². The van der Waals surface area contributed by atoms with Crippen molar-refractivity contribution < 1.29 is 14.3 Å². The molecule has 3 N–H and O–H groups in total. The van der Waals surface area contributed by atoms with E-state index in [1.54, 1.807) is 30.6 Å². The Kier molecular flexibility index (Phi) is 9.68. The van der Waals surface area contributed by atoms with Crippen molar-refractivity contribution in [2.75, 3.05) is 30.2 Å². The van der Waals surface area contributed by atoms with Crippen molar-refractivity contribution >= 4 is 35.3 Å². The van der Waals surface area contributed by atoms with E-state index in [0.29, 0.717) is 12.3 Å². The maximum atomic E-state index is 12.9. The number of hydrogen-bond acceptors (Lipinski definition) is 6. The van der Waals surface area contributed by atoms with Gasteiger partial charge in [0.1, 0.15) is 11.8 Å². The normalized spacial score (nSPS) is 20.5. The van der Waals surface area contributed by atoms with Gasteiger partial charge in [-0.15, -0.1) is 11.8 Å². The first-order valence-corrected chi connectivity index (χ1v) is 13.1. The van der Waals surface area contributed by atoms with Crippen LogP contribution in [-0.2, 0) is 16.1 Å². The highest BCUT2D eigenvalue weighted by Gasteiger charge is 2.28. The summed E-state index contributed by atoms with van der Waals surface area (Å²) in [6.45, 7) is 0.431. The molecule has 1 aromatic rings. The summed E-state index contributed by atoms with van der Waals surface area (Å²) in [5.74, 6) is 4.53. The molecular weight excluding hydrogens is 418 g/mol. The minimum atomic E-state index is -0.517. The fourth-order valence-electron chi connectivity index (χ4n) is 3.78. The Morgan fingerprint density at radius 3 is 2.67 bits per heavy atom. The van der Waals surface area contributed by atoms with Crippen LogP contribution in [0.5, 0.6) is 5.75 Å². The fourth-order valence-corrected chi connectivity index (χ4v) is 6.00. The zero-order chi connectivity index (χ0) is 21.2. The topological polar surface area (TPSA) is 79.5 Å². The molecule has 1 heterocycles. The molecule has 0 aromatic heterocycles. The Labute approximate surface area is 188 Å². The average molecular weight is 452 g/mol. The summed E-state index contributed by atoms with van der Waals surface area (Å²) in [7, 11) is 1.63. The molecule has 1 aliphatic carbocycles. The van der Waals surface area contributed by atoms with Crippen LogP contribution in [0, 0.1) is 5.92 Å². The van der Waals surface area contributed by atoms with Crippen LogP contribution >= 0.6 is 23.5 Å². The van der Waals surface area contributed by atoms with Crippen molar-refractivity contribution in [1.29, 1.82) is 0 Å². The summed E-state index contributed by atoms with van der Waals surface area (Å²) in [5, 5.41) is 9.15. The quantitative estimate of drug-likeness (QED) is 0.508. The first kappa shape index (κ1) is 23.3. The molecule has 2 amide bonds. The summed E-state index contributed by atoms with van der Waals surface area (Å²) < 4.78 is 5.17. The number of hydrogen-bond donors (Lipinski definition) is 3. The van der Waals surface area contributed by atoms with Gasteiger partial charge in [-0.25, -0.2) is 0 Å². The van der Waals surface area contributed by atoms with Gasteiger partial charge in [-0.1, -0.05) is 31.4 Å². The van der Waals surface area contributed by atoms with E-state index in [2.05, 4.69) is 16.0 Å². The molecule has 1 saturated heterocycles. The Morgan fingerprint density at radius 1 is 1.23 bits per heavy atom. The Morgan fingerprint density at radius 2 is 2.00 bits per heavy atom. The van der Waals surface area contributed by atoms with Crippen molar-refractivity contribution in [1.82, 2.24) is 16.0 Å². The largest absolute Gasteiger partial charge is 0.497 e. The molecule has 1 aliphatic heterocycles.